The van der Waals surface area contributed by atoms with Crippen LogP contribution in [-0.2, 0) is 6.54 Å². The van der Waals surface area contributed by atoms with Crippen LogP contribution in [0.3, 0.4) is 0 Å². The SMILES string of the molecule is Cc1ncc(CN2CCNCC2)c(C)n1. The van der Waals surface area contributed by atoms with Gasteiger partial charge in [0.25, 0.3) is 0 Å². The summed E-state index contributed by atoms with van der Waals surface area (Å²) in [5, 5.41) is 3.35. The van der Waals surface area contributed by atoms with E-state index in [1.807, 2.05) is 13.1 Å². The van der Waals surface area contributed by atoms with E-state index >= 15 is 0 Å². The molecule has 0 aromatic carbocycles. The summed E-state index contributed by atoms with van der Waals surface area (Å²) in [6, 6.07) is 0. The van der Waals surface area contributed by atoms with Crippen molar-refractivity contribution in [2.24, 2.45) is 0 Å². The third kappa shape index (κ3) is 2.73. The first kappa shape index (κ1) is 10.5. The van der Waals surface area contributed by atoms with Gasteiger partial charge in [-0.1, -0.05) is 0 Å². The number of piperazine rings is 1. The Labute approximate surface area is 90.7 Å². The molecule has 0 spiro atoms. The van der Waals surface area contributed by atoms with Gasteiger partial charge in [0.05, 0.1) is 0 Å². The summed E-state index contributed by atoms with van der Waals surface area (Å²) in [7, 11) is 0. The molecule has 1 aromatic heterocycles. The van der Waals surface area contributed by atoms with Gasteiger partial charge in [0, 0.05) is 50.2 Å². The Morgan fingerprint density at radius 1 is 1.33 bits per heavy atom. The molecule has 1 fully saturated rings. The zero-order chi connectivity index (χ0) is 10.7. The lowest BCUT2D eigenvalue weighted by Gasteiger charge is -2.27. The molecule has 4 heteroatoms. The van der Waals surface area contributed by atoms with E-state index in [0.717, 1.165) is 44.2 Å². The normalized spacial score (nSPS) is 18.0. The van der Waals surface area contributed by atoms with E-state index < -0.39 is 0 Å². The number of aryl methyl sites for hydroxylation is 2. The van der Waals surface area contributed by atoms with Crippen LogP contribution in [0, 0.1) is 13.8 Å². The van der Waals surface area contributed by atoms with Crippen molar-refractivity contribution in [3.05, 3.63) is 23.3 Å². The fourth-order valence-corrected chi connectivity index (χ4v) is 1.87. The van der Waals surface area contributed by atoms with Gasteiger partial charge in [-0.05, 0) is 13.8 Å². The minimum absolute atomic E-state index is 0.858. The van der Waals surface area contributed by atoms with Gasteiger partial charge in [-0.3, -0.25) is 4.90 Å². The third-order valence-corrected chi connectivity index (χ3v) is 2.81. The summed E-state index contributed by atoms with van der Waals surface area (Å²) in [6.07, 6.45) is 1.96. The van der Waals surface area contributed by atoms with Gasteiger partial charge in [-0.15, -0.1) is 0 Å². The lowest BCUT2D eigenvalue weighted by atomic mass is 10.2. The molecule has 0 aliphatic carbocycles. The summed E-state index contributed by atoms with van der Waals surface area (Å²) in [4.78, 5) is 11.1. The fourth-order valence-electron chi connectivity index (χ4n) is 1.87. The van der Waals surface area contributed by atoms with E-state index in [-0.39, 0.29) is 0 Å². The molecule has 0 amide bonds. The summed E-state index contributed by atoms with van der Waals surface area (Å²) >= 11 is 0. The molecule has 4 nitrogen and oxygen atoms in total. The van der Waals surface area contributed by atoms with E-state index in [2.05, 4.69) is 27.1 Å². The van der Waals surface area contributed by atoms with Crippen molar-refractivity contribution >= 4 is 0 Å². The van der Waals surface area contributed by atoms with Gasteiger partial charge in [-0.2, -0.15) is 0 Å². The predicted molar refractivity (Wildman–Crippen MR) is 59.7 cm³/mol. The maximum atomic E-state index is 4.39. The molecule has 0 saturated carbocycles. The molecule has 1 aliphatic rings. The minimum Gasteiger partial charge on any atom is -0.314 e. The monoisotopic (exact) mass is 206 g/mol. The molecular formula is C11H18N4. The van der Waals surface area contributed by atoms with Crippen molar-refractivity contribution < 1.29 is 0 Å². The van der Waals surface area contributed by atoms with Crippen LogP contribution in [-0.4, -0.2) is 41.0 Å². The first-order valence-electron chi connectivity index (χ1n) is 5.48. The number of rotatable bonds is 2. The van der Waals surface area contributed by atoms with Crippen molar-refractivity contribution in [1.82, 2.24) is 20.2 Å². The molecule has 1 N–H and O–H groups in total. The average molecular weight is 206 g/mol. The second-order valence-corrected chi connectivity index (χ2v) is 4.05. The molecule has 1 aliphatic heterocycles. The van der Waals surface area contributed by atoms with Crippen molar-refractivity contribution in [2.45, 2.75) is 20.4 Å². The van der Waals surface area contributed by atoms with Crippen LogP contribution in [0.25, 0.3) is 0 Å². The Balaban J connectivity index is 2.03. The van der Waals surface area contributed by atoms with Crippen LogP contribution in [0.1, 0.15) is 17.1 Å². The van der Waals surface area contributed by atoms with E-state index in [1.165, 1.54) is 5.56 Å². The predicted octanol–water partition coefficient (Wildman–Crippen LogP) is 0.499. The van der Waals surface area contributed by atoms with Gasteiger partial charge >= 0.3 is 0 Å². The van der Waals surface area contributed by atoms with Crippen LogP contribution in [0.4, 0.5) is 0 Å². The number of nitrogens with one attached hydrogen (secondary N) is 1. The maximum Gasteiger partial charge on any atom is 0.125 e. The average Bonchev–Trinajstić information content (AvgIpc) is 2.24. The van der Waals surface area contributed by atoms with Crippen molar-refractivity contribution in [3.63, 3.8) is 0 Å². The van der Waals surface area contributed by atoms with E-state index in [1.54, 1.807) is 0 Å². The lowest BCUT2D eigenvalue weighted by Crippen LogP contribution is -2.43. The minimum atomic E-state index is 0.858. The largest absolute Gasteiger partial charge is 0.314 e. The second-order valence-electron chi connectivity index (χ2n) is 4.05. The molecular weight excluding hydrogens is 188 g/mol. The first-order chi connectivity index (χ1) is 7.25. The second kappa shape index (κ2) is 4.68. The Bertz CT molecular complexity index is 331. The quantitative estimate of drug-likeness (QED) is 0.765. The standard InChI is InChI=1S/C11H18N4/c1-9-11(7-13-10(2)14-9)8-15-5-3-12-4-6-15/h7,12H,3-6,8H2,1-2H3. The molecule has 2 heterocycles. The summed E-state index contributed by atoms with van der Waals surface area (Å²) in [5.41, 5.74) is 2.36. The maximum absolute atomic E-state index is 4.39. The van der Waals surface area contributed by atoms with E-state index in [9.17, 15) is 0 Å². The molecule has 0 atom stereocenters. The summed E-state index contributed by atoms with van der Waals surface area (Å²) in [5.74, 6) is 0.858. The highest BCUT2D eigenvalue weighted by atomic mass is 15.2. The van der Waals surface area contributed by atoms with Gasteiger partial charge in [0.15, 0.2) is 0 Å². The molecule has 2 rings (SSSR count). The number of hydrogen-bond acceptors (Lipinski definition) is 4. The molecule has 0 radical (unpaired) electrons. The van der Waals surface area contributed by atoms with Gasteiger partial charge < -0.3 is 5.32 Å². The topological polar surface area (TPSA) is 41.1 Å². The molecule has 1 saturated heterocycles. The number of nitrogens with zero attached hydrogens (tertiary/aromatic N) is 3. The fraction of sp³-hybridized carbons (Fsp3) is 0.636. The molecule has 82 valence electrons. The summed E-state index contributed by atoms with van der Waals surface area (Å²) < 4.78 is 0. The van der Waals surface area contributed by atoms with Gasteiger partial charge in [0.2, 0.25) is 0 Å². The highest BCUT2D eigenvalue weighted by Gasteiger charge is 2.11. The molecule has 15 heavy (non-hydrogen) atoms. The van der Waals surface area contributed by atoms with E-state index in [4.69, 9.17) is 0 Å². The van der Waals surface area contributed by atoms with Crippen LogP contribution in [0.2, 0.25) is 0 Å². The smallest absolute Gasteiger partial charge is 0.125 e. The van der Waals surface area contributed by atoms with Gasteiger partial charge in [-0.25, -0.2) is 9.97 Å². The zero-order valence-electron chi connectivity index (χ0n) is 9.45. The van der Waals surface area contributed by atoms with E-state index in [0.29, 0.717) is 0 Å². The van der Waals surface area contributed by atoms with Crippen LogP contribution in [0.5, 0.6) is 0 Å². The van der Waals surface area contributed by atoms with Crippen molar-refractivity contribution in [3.8, 4) is 0 Å². The Morgan fingerprint density at radius 2 is 2.07 bits per heavy atom. The zero-order valence-corrected chi connectivity index (χ0v) is 9.45. The number of aromatic nitrogens is 2. The third-order valence-electron chi connectivity index (χ3n) is 2.81. The Hall–Kier alpha value is -1.00. The first-order valence-corrected chi connectivity index (χ1v) is 5.48. The molecule has 0 unspecified atom stereocenters. The van der Waals surface area contributed by atoms with Crippen molar-refractivity contribution in [2.75, 3.05) is 26.2 Å². The lowest BCUT2D eigenvalue weighted by molar-refractivity contribution is 0.232. The van der Waals surface area contributed by atoms with Crippen LogP contribution < -0.4 is 5.32 Å². The Kier molecular flexibility index (Phi) is 3.28. The number of hydrogen-bond donors (Lipinski definition) is 1. The Morgan fingerprint density at radius 3 is 2.73 bits per heavy atom. The highest BCUT2D eigenvalue weighted by Crippen LogP contribution is 2.08. The molecule has 1 aromatic rings. The van der Waals surface area contributed by atoms with Gasteiger partial charge in [0.1, 0.15) is 5.82 Å². The molecule has 0 bridgehead atoms. The summed E-state index contributed by atoms with van der Waals surface area (Å²) in [6.45, 7) is 9.39. The van der Waals surface area contributed by atoms with Crippen LogP contribution in [0.15, 0.2) is 6.20 Å². The van der Waals surface area contributed by atoms with Crippen LogP contribution >= 0.6 is 0 Å². The van der Waals surface area contributed by atoms with Crippen molar-refractivity contribution in [1.29, 1.82) is 0 Å². The highest BCUT2D eigenvalue weighted by molar-refractivity contribution is 5.15.